The summed E-state index contributed by atoms with van der Waals surface area (Å²) in [6, 6.07) is 1.16. The maximum absolute atomic E-state index is 5.73. The molecule has 1 fully saturated rings. The van der Waals surface area contributed by atoms with Crippen molar-refractivity contribution in [3.63, 3.8) is 0 Å². The summed E-state index contributed by atoms with van der Waals surface area (Å²) in [4.78, 5) is 8.28. The maximum atomic E-state index is 5.73. The van der Waals surface area contributed by atoms with Gasteiger partial charge in [-0.1, -0.05) is 11.6 Å². The molecular formula is C11H17ClN4. The van der Waals surface area contributed by atoms with Crippen molar-refractivity contribution in [1.29, 1.82) is 0 Å². The lowest BCUT2D eigenvalue weighted by Gasteiger charge is -2.28. The molecule has 0 radical (unpaired) electrons. The smallest absolute Gasteiger partial charge is 0.222 e. The normalized spacial score (nSPS) is 25.4. The van der Waals surface area contributed by atoms with Crippen LogP contribution in [0.1, 0.15) is 25.7 Å². The molecule has 1 aliphatic carbocycles. The van der Waals surface area contributed by atoms with E-state index in [1.807, 2.05) is 7.05 Å². The van der Waals surface area contributed by atoms with Gasteiger partial charge in [-0.05, 0) is 32.7 Å². The fraction of sp³-hybridized carbons (Fsp3) is 0.636. The van der Waals surface area contributed by atoms with Gasteiger partial charge in [-0.25, -0.2) is 9.97 Å². The van der Waals surface area contributed by atoms with Crippen molar-refractivity contribution >= 4 is 17.5 Å². The van der Waals surface area contributed by atoms with Gasteiger partial charge in [0.25, 0.3) is 0 Å². The van der Waals surface area contributed by atoms with Crippen molar-refractivity contribution in [2.75, 3.05) is 12.4 Å². The van der Waals surface area contributed by atoms with Gasteiger partial charge in [-0.3, -0.25) is 0 Å². The van der Waals surface area contributed by atoms with E-state index in [1.54, 1.807) is 12.4 Å². The number of halogens is 1. The Morgan fingerprint density at radius 1 is 1.12 bits per heavy atom. The average Bonchev–Trinajstić information content (AvgIpc) is 2.33. The topological polar surface area (TPSA) is 49.8 Å². The Balaban J connectivity index is 1.84. The van der Waals surface area contributed by atoms with Crippen LogP contribution in [0.2, 0.25) is 5.02 Å². The second-order valence-electron chi connectivity index (χ2n) is 4.21. The summed E-state index contributed by atoms with van der Waals surface area (Å²) in [6.07, 6.45) is 7.99. The lowest BCUT2D eigenvalue weighted by Crippen LogP contribution is -2.35. The van der Waals surface area contributed by atoms with Crippen molar-refractivity contribution in [2.45, 2.75) is 37.8 Å². The van der Waals surface area contributed by atoms with E-state index in [9.17, 15) is 0 Å². The number of hydrogen-bond donors (Lipinski definition) is 2. The highest BCUT2D eigenvalue weighted by molar-refractivity contribution is 6.30. The lowest BCUT2D eigenvalue weighted by molar-refractivity contribution is 0.370. The Morgan fingerprint density at radius 2 is 1.69 bits per heavy atom. The molecule has 0 amide bonds. The van der Waals surface area contributed by atoms with Gasteiger partial charge in [0.15, 0.2) is 0 Å². The van der Waals surface area contributed by atoms with Crippen LogP contribution in [0, 0.1) is 0 Å². The Hall–Kier alpha value is -0.870. The van der Waals surface area contributed by atoms with Crippen LogP contribution in [0.15, 0.2) is 12.4 Å². The molecule has 2 rings (SSSR count). The largest absolute Gasteiger partial charge is 0.351 e. The first kappa shape index (κ1) is 11.6. The third-order valence-electron chi connectivity index (χ3n) is 3.09. The molecule has 1 saturated carbocycles. The zero-order valence-corrected chi connectivity index (χ0v) is 10.2. The molecule has 1 aromatic rings. The van der Waals surface area contributed by atoms with Crippen LogP contribution >= 0.6 is 11.6 Å². The monoisotopic (exact) mass is 240 g/mol. The van der Waals surface area contributed by atoms with Crippen molar-refractivity contribution in [3.05, 3.63) is 17.4 Å². The molecule has 5 heteroatoms. The van der Waals surface area contributed by atoms with Gasteiger partial charge in [0.2, 0.25) is 5.95 Å². The zero-order chi connectivity index (χ0) is 11.4. The summed E-state index contributed by atoms with van der Waals surface area (Å²) in [5.74, 6) is 0.678. The summed E-state index contributed by atoms with van der Waals surface area (Å²) < 4.78 is 0. The third-order valence-corrected chi connectivity index (χ3v) is 3.28. The van der Waals surface area contributed by atoms with Crippen molar-refractivity contribution < 1.29 is 0 Å². The highest BCUT2D eigenvalue weighted by atomic mass is 35.5. The number of nitrogens with one attached hydrogen (secondary N) is 2. The van der Waals surface area contributed by atoms with E-state index in [0.717, 1.165) is 12.8 Å². The number of nitrogens with zero attached hydrogens (tertiary/aromatic N) is 2. The summed E-state index contributed by atoms with van der Waals surface area (Å²) in [5.41, 5.74) is 0. The molecule has 16 heavy (non-hydrogen) atoms. The fourth-order valence-corrected chi connectivity index (χ4v) is 2.19. The van der Waals surface area contributed by atoms with Crippen molar-refractivity contribution in [2.24, 2.45) is 0 Å². The Bertz CT molecular complexity index is 319. The first-order valence-electron chi connectivity index (χ1n) is 5.69. The molecule has 0 atom stereocenters. The molecular weight excluding hydrogens is 224 g/mol. The highest BCUT2D eigenvalue weighted by Crippen LogP contribution is 2.20. The molecule has 0 saturated heterocycles. The molecule has 1 aliphatic rings. The number of anilines is 1. The van der Waals surface area contributed by atoms with Gasteiger partial charge >= 0.3 is 0 Å². The minimum Gasteiger partial charge on any atom is -0.351 e. The van der Waals surface area contributed by atoms with E-state index in [4.69, 9.17) is 11.6 Å². The van der Waals surface area contributed by atoms with Gasteiger partial charge in [0, 0.05) is 12.1 Å². The number of aromatic nitrogens is 2. The molecule has 1 heterocycles. The van der Waals surface area contributed by atoms with Crippen LogP contribution in [0.4, 0.5) is 5.95 Å². The van der Waals surface area contributed by atoms with Crippen LogP contribution in [0.3, 0.4) is 0 Å². The van der Waals surface area contributed by atoms with E-state index in [-0.39, 0.29) is 0 Å². The molecule has 0 bridgehead atoms. The SMILES string of the molecule is CNC1CCC(Nc2ncc(Cl)cn2)CC1. The quantitative estimate of drug-likeness (QED) is 0.849. The number of hydrogen-bond acceptors (Lipinski definition) is 4. The van der Waals surface area contributed by atoms with E-state index < -0.39 is 0 Å². The predicted molar refractivity (Wildman–Crippen MR) is 65.8 cm³/mol. The van der Waals surface area contributed by atoms with Crippen LogP contribution in [0.5, 0.6) is 0 Å². The van der Waals surface area contributed by atoms with Gasteiger partial charge in [0.1, 0.15) is 0 Å². The number of rotatable bonds is 3. The molecule has 1 aromatic heterocycles. The van der Waals surface area contributed by atoms with Gasteiger partial charge in [-0.15, -0.1) is 0 Å². The molecule has 0 aromatic carbocycles. The first-order chi connectivity index (χ1) is 7.78. The lowest BCUT2D eigenvalue weighted by atomic mass is 9.91. The predicted octanol–water partition coefficient (Wildman–Crippen LogP) is 2.07. The second kappa shape index (κ2) is 5.46. The van der Waals surface area contributed by atoms with Crippen LogP contribution < -0.4 is 10.6 Å². The average molecular weight is 241 g/mol. The van der Waals surface area contributed by atoms with E-state index >= 15 is 0 Å². The maximum Gasteiger partial charge on any atom is 0.222 e. The molecule has 2 N–H and O–H groups in total. The minimum atomic E-state index is 0.491. The van der Waals surface area contributed by atoms with E-state index in [0.29, 0.717) is 23.1 Å². The Morgan fingerprint density at radius 3 is 2.25 bits per heavy atom. The van der Waals surface area contributed by atoms with Gasteiger partial charge in [-0.2, -0.15) is 0 Å². The summed E-state index contributed by atoms with van der Waals surface area (Å²) >= 11 is 5.73. The van der Waals surface area contributed by atoms with Gasteiger partial charge < -0.3 is 10.6 Å². The van der Waals surface area contributed by atoms with E-state index in [1.165, 1.54) is 12.8 Å². The van der Waals surface area contributed by atoms with Crippen LogP contribution in [-0.2, 0) is 0 Å². The molecule has 88 valence electrons. The third kappa shape index (κ3) is 3.06. The molecule has 0 aliphatic heterocycles. The highest BCUT2D eigenvalue weighted by Gasteiger charge is 2.20. The van der Waals surface area contributed by atoms with Crippen LogP contribution in [0.25, 0.3) is 0 Å². The van der Waals surface area contributed by atoms with E-state index in [2.05, 4.69) is 20.6 Å². The second-order valence-corrected chi connectivity index (χ2v) is 4.64. The Labute approximate surface area is 101 Å². The van der Waals surface area contributed by atoms with Crippen molar-refractivity contribution in [1.82, 2.24) is 15.3 Å². The zero-order valence-electron chi connectivity index (χ0n) is 9.41. The fourth-order valence-electron chi connectivity index (χ4n) is 2.10. The Kier molecular flexibility index (Phi) is 3.96. The van der Waals surface area contributed by atoms with Crippen LogP contribution in [-0.4, -0.2) is 29.1 Å². The first-order valence-corrected chi connectivity index (χ1v) is 6.07. The molecule has 4 nitrogen and oxygen atoms in total. The van der Waals surface area contributed by atoms with Crippen molar-refractivity contribution in [3.8, 4) is 0 Å². The standard InChI is InChI=1S/C11H17ClN4/c1-13-9-2-4-10(5-3-9)16-11-14-6-8(12)7-15-11/h6-7,9-10,13H,2-5H2,1H3,(H,14,15,16). The summed E-state index contributed by atoms with van der Waals surface area (Å²) in [5, 5.41) is 7.24. The summed E-state index contributed by atoms with van der Waals surface area (Å²) in [7, 11) is 2.03. The van der Waals surface area contributed by atoms with Gasteiger partial charge in [0.05, 0.1) is 17.4 Å². The molecule has 0 spiro atoms. The summed E-state index contributed by atoms with van der Waals surface area (Å²) in [6.45, 7) is 0. The minimum absolute atomic E-state index is 0.491. The molecule has 0 unspecified atom stereocenters.